The van der Waals surface area contributed by atoms with Gasteiger partial charge in [0.25, 0.3) is 0 Å². The Labute approximate surface area is 105 Å². The standard InChI is InChI=1S/C14H24N2O/c1-11-6-7-14(17-5)12(10-11)13(16(3)4)8-9-15-2/h6-7,10,13,15H,8-9H2,1-5H3. The highest BCUT2D eigenvalue weighted by atomic mass is 16.5. The summed E-state index contributed by atoms with van der Waals surface area (Å²) in [4.78, 5) is 2.24. The molecule has 3 heteroatoms. The lowest BCUT2D eigenvalue weighted by Crippen LogP contribution is -2.24. The van der Waals surface area contributed by atoms with Gasteiger partial charge in [-0.15, -0.1) is 0 Å². The van der Waals surface area contributed by atoms with E-state index in [1.54, 1.807) is 7.11 Å². The molecular formula is C14H24N2O. The monoisotopic (exact) mass is 236 g/mol. The third kappa shape index (κ3) is 3.72. The van der Waals surface area contributed by atoms with E-state index >= 15 is 0 Å². The number of ether oxygens (including phenoxy) is 1. The van der Waals surface area contributed by atoms with Crippen LogP contribution in [0, 0.1) is 6.92 Å². The lowest BCUT2D eigenvalue weighted by Gasteiger charge is -2.26. The van der Waals surface area contributed by atoms with Crippen molar-refractivity contribution in [1.82, 2.24) is 10.2 Å². The Morgan fingerprint density at radius 3 is 2.59 bits per heavy atom. The van der Waals surface area contributed by atoms with Crippen molar-refractivity contribution < 1.29 is 4.74 Å². The predicted molar refractivity (Wildman–Crippen MR) is 72.7 cm³/mol. The minimum absolute atomic E-state index is 0.386. The first-order chi connectivity index (χ1) is 8.10. The molecule has 0 bridgehead atoms. The van der Waals surface area contributed by atoms with Crippen LogP contribution in [0.5, 0.6) is 5.75 Å². The van der Waals surface area contributed by atoms with Crippen LogP contribution in [0.1, 0.15) is 23.6 Å². The summed E-state index contributed by atoms with van der Waals surface area (Å²) in [5.74, 6) is 0.977. The minimum atomic E-state index is 0.386. The van der Waals surface area contributed by atoms with E-state index in [-0.39, 0.29) is 0 Å². The fourth-order valence-corrected chi connectivity index (χ4v) is 2.09. The first-order valence-electron chi connectivity index (χ1n) is 6.05. The summed E-state index contributed by atoms with van der Waals surface area (Å²) >= 11 is 0. The molecule has 1 rings (SSSR count). The quantitative estimate of drug-likeness (QED) is 0.819. The molecule has 3 nitrogen and oxygen atoms in total. The first-order valence-corrected chi connectivity index (χ1v) is 6.05. The molecular weight excluding hydrogens is 212 g/mol. The summed E-state index contributed by atoms with van der Waals surface area (Å²) < 4.78 is 5.46. The molecule has 0 spiro atoms. The van der Waals surface area contributed by atoms with Gasteiger partial charge >= 0.3 is 0 Å². The summed E-state index contributed by atoms with van der Waals surface area (Å²) in [5, 5.41) is 3.21. The zero-order valence-electron chi connectivity index (χ0n) is 11.6. The van der Waals surface area contributed by atoms with Crippen LogP contribution in [0.15, 0.2) is 18.2 Å². The van der Waals surface area contributed by atoms with Crippen LogP contribution >= 0.6 is 0 Å². The number of methoxy groups -OCH3 is 1. The van der Waals surface area contributed by atoms with Crippen molar-refractivity contribution >= 4 is 0 Å². The van der Waals surface area contributed by atoms with Gasteiger partial charge in [0.15, 0.2) is 0 Å². The van der Waals surface area contributed by atoms with Gasteiger partial charge in [0, 0.05) is 11.6 Å². The lowest BCUT2D eigenvalue weighted by molar-refractivity contribution is 0.273. The van der Waals surface area contributed by atoms with Crippen molar-refractivity contribution in [3.63, 3.8) is 0 Å². The highest BCUT2D eigenvalue weighted by molar-refractivity contribution is 5.39. The van der Waals surface area contributed by atoms with Gasteiger partial charge in [-0.25, -0.2) is 0 Å². The smallest absolute Gasteiger partial charge is 0.123 e. The van der Waals surface area contributed by atoms with E-state index < -0.39 is 0 Å². The molecule has 0 radical (unpaired) electrons. The van der Waals surface area contributed by atoms with Crippen LogP contribution in [0.4, 0.5) is 0 Å². The summed E-state index contributed by atoms with van der Waals surface area (Å²) in [7, 11) is 7.95. The fourth-order valence-electron chi connectivity index (χ4n) is 2.09. The van der Waals surface area contributed by atoms with Crippen molar-refractivity contribution in [2.24, 2.45) is 0 Å². The predicted octanol–water partition coefficient (Wildman–Crippen LogP) is 2.22. The molecule has 0 aliphatic rings. The Bertz CT molecular complexity index is 350. The molecule has 1 unspecified atom stereocenters. The zero-order chi connectivity index (χ0) is 12.8. The van der Waals surface area contributed by atoms with Crippen molar-refractivity contribution in [3.05, 3.63) is 29.3 Å². The molecule has 1 atom stereocenters. The van der Waals surface area contributed by atoms with Crippen molar-refractivity contribution in [2.75, 3.05) is 34.8 Å². The topological polar surface area (TPSA) is 24.5 Å². The fraction of sp³-hybridized carbons (Fsp3) is 0.571. The summed E-state index contributed by atoms with van der Waals surface area (Å²) in [6, 6.07) is 6.75. The van der Waals surface area contributed by atoms with Gasteiger partial charge in [-0.05, 0) is 47.1 Å². The number of rotatable bonds is 6. The number of nitrogens with one attached hydrogen (secondary N) is 1. The summed E-state index contributed by atoms with van der Waals surface area (Å²) in [6.45, 7) is 3.12. The van der Waals surface area contributed by atoms with Gasteiger partial charge in [-0.3, -0.25) is 0 Å². The molecule has 96 valence electrons. The second-order valence-electron chi connectivity index (χ2n) is 4.62. The third-order valence-corrected chi connectivity index (χ3v) is 3.04. The molecule has 0 aliphatic carbocycles. The van der Waals surface area contributed by atoms with Gasteiger partial charge in [0.05, 0.1) is 7.11 Å². The van der Waals surface area contributed by atoms with Crippen LogP contribution < -0.4 is 10.1 Å². The van der Waals surface area contributed by atoms with Crippen LogP contribution in [0.3, 0.4) is 0 Å². The van der Waals surface area contributed by atoms with E-state index in [9.17, 15) is 0 Å². The SMILES string of the molecule is CNCCC(c1cc(C)ccc1OC)N(C)C. The maximum atomic E-state index is 5.46. The van der Waals surface area contributed by atoms with Crippen molar-refractivity contribution in [2.45, 2.75) is 19.4 Å². The van der Waals surface area contributed by atoms with Gasteiger partial charge in [-0.1, -0.05) is 17.7 Å². The number of hydrogen-bond acceptors (Lipinski definition) is 3. The Balaban J connectivity index is 3.02. The third-order valence-electron chi connectivity index (χ3n) is 3.04. The average molecular weight is 236 g/mol. The van der Waals surface area contributed by atoms with Gasteiger partial charge in [0.1, 0.15) is 5.75 Å². The molecule has 0 fully saturated rings. The minimum Gasteiger partial charge on any atom is -0.496 e. The van der Waals surface area contributed by atoms with Crippen molar-refractivity contribution in [1.29, 1.82) is 0 Å². The molecule has 0 saturated carbocycles. The molecule has 17 heavy (non-hydrogen) atoms. The second kappa shape index (κ2) is 6.62. The highest BCUT2D eigenvalue weighted by Gasteiger charge is 2.17. The Morgan fingerprint density at radius 2 is 2.06 bits per heavy atom. The Morgan fingerprint density at radius 1 is 1.35 bits per heavy atom. The molecule has 0 saturated heterocycles. The summed E-state index contributed by atoms with van der Waals surface area (Å²) in [6.07, 6.45) is 1.07. The number of benzene rings is 1. The molecule has 0 aromatic heterocycles. The number of hydrogen-bond donors (Lipinski definition) is 1. The number of aryl methyl sites for hydroxylation is 1. The van der Waals surface area contributed by atoms with E-state index in [0.29, 0.717) is 6.04 Å². The maximum absolute atomic E-state index is 5.46. The Kier molecular flexibility index (Phi) is 5.45. The van der Waals surface area contributed by atoms with Crippen LogP contribution in [0.25, 0.3) is 0 Å². The first kappa shape index (κ1) is 14.0. The van der Waals surface area contributed by atoms with Crippen LogP contribution in [0.2, 0.25) is 0 Å². The molecule has 1 N–H and O–H groups in total. The summed E-state index contributed by atoms with van der Waals surface area (Å²) in [5.41, 5.74) is 2.55. The van der Waals surface area contributed by atoms with E-state index in [2.05, 4.69) is 49.4 Å². The number of nitrogens with zero attached hydrogens (tertiary/aromatic N) is 1. The van der Waals surface area contributed by atoms with E-state index in [1.165, 1.54) is 11.1 Å². The lowest BCUT2D eigenvalue weighted by atomic mass is 9.99. The van der Waals surface area contributed by atoms with Gasteiger partial charge < -0.3 is 15.0 Å². The van der Waals surface area contributed by atoms with Gasteiger partial charge in [0.2, 0.25) is 0 Å². The maximum Gasteiger partial charge on any atom is 0.123 e. The van der Waals surface area contributed by atoms with Crippen molar-refractivity contribution in [3.8, 4) is 5.75 Å². The average Bonchev–Trinajstić information content (AvgIpc) is 2.29. The normalized spacial score (nSPS) is 12.8. The largest absolute Gasteiger partial charge is 0.496 e. The Hall–Kier alpha value is -1.06. The van der Waals surface area contributed by atoms with E-state index in [0.717, 1.165) is 18.7 Å². The van der Waals surface area contributed by atoms with Crippen LogP contribution in [-0.4, -0.2) is 39.7 Å². The van der Waals surface area contributed by atoms with E-state index in [4.69, 9.17) is 4.74 Å². The second-order valence-corrected chi connectivity index (χ2v) is 4.62. The molecule has 1 aromatic rings. The molecule has 1 aromatic carbocycles. The highest BCUT2D eigenvalue weighted by Crippen LogP contribution is 2.31. The molecule has 0 aliphatic heterocycles. The van der Waals surface area contributed by atoms with Crippen LogP contribution in [-0.2, 0) is 0 Å². The zero-order valence-corrected chi connectivity index (χ0v) is 11.6. The molecule has 0 amide bonds. The van der Waals surface area contributed by atoms with E-state index in [1.807, 2.05) is 7.05 Å². The van der Waals surface area contributed by atoms with Gasteiger partial charge in [-0.2, -0.15) is 0 Å². The molecule has 0 heterocycles.